The van der Waals surface area contributed by atoms with Gasteiger partial charge in [-0.1, -0.05) is 129 Å². The maximum atomic E-state index is 6.11. The summed E-state index contributed by atoms with van der Waals surface area (Å²) in [5.74, 6) is 0. The van der Waals surface area contributed by atoms with Crippen molar-refractivity contribution in [2.45, 2.75) is 26.6 Å². The van der Waals surface area contributed by atoms with Gasteiger partial charge in [0.2, 0.25) is 0 Å². The maximum Gasteiger partial charge on any atom is 0.136 e. The first-order valence-electron chi connectivity index (χ1n) is 18.2. The molecule has 0 saturated heterocycles. The molecule has 0 aliphatic carbocycles. The van der Waals surface area contributed by atoms with Gasteiger partial charge in [0.05, 0.1) is 25.2 Å². The van der Waals surface area contributed by atoms with Gasteiger partial charge in [-0.15, -0.1) is 0 Å². The van der Waals surface area contributed by atoms with Gasteiger partial charge in [-0.05, 0) is 89.5 Å². The fraction of sp³-hybridized carbons (Fsp3) is 0.0816. The summed E-state index contributed by atoms with van der Waals surface area (Å²) in [4.78, 5) is 13.3. The van der Waals surface area contributed by atoms with E-state index in [0.29, 0.717) is 0 Å². The first-order chi connectivity index (χ1) is 26.3. The van der Waals surface area contributed by atoms with Crippen LogP contribution in [0.1, 0.15) is 5.56 Å². The Kier molecular flexibility index (Phi) is 12.8. The van der Waals surface area contributed by atoms with Gasteiger partial charge in [-0.2, -0.15) is 0 Å². The van der Waals surface area contributed by atoms with E-state index in [0.717, 1.165) is 55.7 Å². The smallest absolute Gasteiger partial charge is 0.136 e. The number of hydrogen-bond acceptors (Lipinski definition) is 4. The minimum Gasteiger partial charge on any atom is -0.456 e. The normalized spacial score (nSPS) is 10.8. The molecule has 4 nitrogen and oxygen atoms in total. The third-order valence-corrected chi connectivity index (χ3v) is 11.3. The van der Waals surface area contributed by atoms with Gasteiger partial charge in [0.1, 0.15) is 11.2 Å². The number of aryl methyl sites for hydroxylation is 1. The molecule has 5 aromatic carbocycles. The molecule has 9 aromatic rings. The Morgan fingerprint density at radius 2 is 1.02 bits per heavy atom. The Labute approximate surface area is 338 Å². The fourth-order valence-electron chi connectivity index (χ4n) is 6.20. The van der Waals surface area contributed by atoms with Crippen LogP contribution in [0.3, 0.4) is 0 Å². The van der Waals surface area contributed by atoms with Crippen molar-refractivity contribution in [3.63, 3.8) is 0 Å². The molecule has 0 aliphatic heterocycles. The molecule has 55 heavy (non-hydrogen) atoms. The molecule has 4 heterocycles. The Morgan fingerprint density at radius 3 is 1.60 bits per heavy atom. The van der Waals surface area contributed by atoms with Gasteiger partial charge in [0, 0.05) is 66.2 Å². The van der Waals surface area contributed by atoms with E-state index in [-0.39, 0.29) is 20.1 Å². The van der Waals surface area contributed by atoms with Crippen LogP contribution in [-0.4, -0.2) is 23.0 Å². The quantitative estimate of drug-likeness (QED) is 0.161. The van der Waals surface area contributed by atoms with Crippen LogP contribution < -0.4 is 5.19 Å². The Morgan fingerprint density at radius 1 is 0.418 bits per heavy atom. The summed E-state index contributed by atoms with van der Waals surface area (Å²) in [6.45, 7) is 9.10. The van der Waals surface area contributed by atoms with Crippen LogP contribution in [0.5, 0.6) is 0 Å². The van der Waals surface area contributed by atoms with Crippen LogP contribution >= 0.6 is 0 Å². The van der Waals surface area contributed by atoms with Gasteiger partial charge in [0.15, 0.2) is 0 Å². The summed E-state index contributed by atoms with van der Waals surface area (Å²) in [6, 6.07) is 58.0. The largest absolute Gasteiger partial charge is 0.456 e. The summed E-state index contributed by atoms with van der Waals surface area (Å²) >= 11 is 0. The predicted molar refractivity (Wildman–Crippen MR) is 229 cm³/mol. The minimum atomic E-state index is -1.22. The van der Waals surface area contributed by atoms with Crippen molar-refractivity contribution in [1.29, 1.82) is 0 Å². The average molecular weight is 910 g/mol. The molecule has 0 bridgehead atoms. The van der Waals surface area contributed by atoms with Crippen molar-refractivity contribution >= 4 is 35.2 Å². The number of aromatic nitrogens is 3. The van der Waals surface area contributed by atoms with Crippen LogP contribution in [0, 0.1) is 6.92 Å². The molecule has 6 heteroatoms. The molecular formula is C49H43IrN3OSi. The fourth-order valence-corrected chi connectivity index (χ4v) is 7.24. The van der Waals surface area contributed by atoms with Crippen LogP contribution in [0.25, 0.3) is 66.8 Å². The van der Waals surface area contributed by atoms with E-state index in [1.165, 1.54) is 21.9 Å². The molecule has 4 aromatic heterocycles. The number of hydrogen-bond donors (Lipinski definition) is 0. The van der Waals surface area contributed by atoms with Gasteiger partial charge >= 0.3 is 0 Å². The van der Waals surface area contributed by atoms with Gasteiger partial charge in [-0.3, -0.25) is 15.0 Å². The van der Waals surface area contributed by atoms with Crippen molar-refractivity contribution in [2.24, 2.45) is 0 Å². The van der Waals surface area contributed by atoms with Crippen molar-refractivity contribution in [3.05, 3.63) is 194 Å². The van der Waals surface area contributed by atoms with Gasteiger partial charge in [-0.25, -0.2) is 0 Å². The average Bonchev–Trinajstić information content (AvgIpc) is 3.60. The summed E-state index contributed by atoms with van der Waals surface area (Å²) in [6.07, 6.45) is 5.70. The molecule has 0 atom stereocenters. The van der Waals surface area contributed by atoms with E-state index in [1.54, 1.807) is 0 Å². The number of pyridine rings is 3. The van der Waals surface area contributed by atoms with Crippen molar-refractivity contribution in [3.8, 4) is 44.9 Å². The third kappa shape index (κ3) is 9.86. The first kappa shape index (κ1) is 38.9. The monoisotopic (exact) mass is 910 g/mol. The van der Waals surface area contributed by atoms with Gasteiger partial charge < -0.3 is 4.42 Å². The Bertz CT molecular complexity index is 2530. The molecule has 0 spiro atoms. The number of nitrogens with zero attached hydrogens (tertiary/aromatic N) is 3. The van der Waals surface area contributed by atoms with Crippen molar-refractivity contribution < 1.29 is 24.5 Å². The second kappa shape index (κ2) is 18.0. The zero-order valence-corrected chi connectivity index (χ0v) is 34.9. The van der Waals surface area contributed by atoms with E-state index in [2.05, 4.69) is 139 Å². The Hall–Kier alpha value is -5.78. The van der Waals surface area contributed by atoms with Crippen LogP contribution in [-0.2, 0) is 20.1 Å². The van der Waals surface area contributed by atoms with Gasteiger partial charge in [0.25, 0.3) is 0 Å². The third-order valence-electron chi connectivity index (χ3n) is 9.22. The second-order valence-corrected chi connectivity index (χ2v) is 19.3. The molecule has 0 fully saturated rings. The summed E-state index contributed by atoms with van der Waals surface area (Å²) in [7, 11) is -1.22. The van der Waals surface area contributed by atoms with E-state index >= 15 is 0 Å². The number of rotatable bonds is 5. The second-order valence-electron chi connectivity index (χ2n) is 14.2. The SMILES string of the molecule is C[Si](C)(C)c1ccc(-c2ccccc2)nc1.Cc1ccnc(-c2ccc3oc4cc(-c5ccccc5)ccc4c3c2)c1.[Ir].c1ccc(-c2ccccn2)cc1. The zero-order valence-electron chi connectivity index (χ0n) is 31.5. The molecule has 273 valence electrons. The van der Waals surface area contributed by atoms with Crippen LogP contribution in [0.15, 0.2) is 193 Å². The van der Waals surface area contributed by atoms with E-state index in [1.807, 2.05) is 91.4 Å². The standard InChI is InChI=1S/C24H17NO.C14H17NSi.C11H9N.Ir/c1-16-11-12-25-22(13-16)19-8-10-23-21(14-19)20-9-7-18(15-24(20)26-23)17-5-3-2-4-6-17;1-16(2,3)13-9-10-14(15-11-13)12-7-5-4-6-8-12;1-2-6-10(7-3-1)11-8-4-5-9-12-11;/h2-15H,1H3;4-11H,1-3H3;1-9H;. The zero-order chi connectivity index (χ0) is 37.3. The summed E-state index contributed by atoms with van der Waals surface area (Å²) in [5.41, 5.74) is 11.9. The number of fused-ring (bicyclic) bond motifs is 3. The molecule has 0 unspecified atom stereocenters. The molecular weight excluding hydrogens is 867 g/mol. The topological polar surface area (TPSA) is 51.8 Å². The first-order valence-corrected chi connectivity index (χ1v) is 21.7. The van der Waals surface area contributed by atoms with Crippen LogP contribution in [0.4, 0.5) is 0 Å². The molecule has 0 aliphatic rings. The summed E-state index contributed by atoms with van der Waals surface area (Å²) in [5, 5.41) is 3.67. The number of furan rings is 1. The van der Waals surface area contributed by atoms with Crippen LogP contribution in [0.2, 0.25) is 19.6 Å². The van der Waals surface area contributed by atoms with E-state index in [9.17, 15) is 0 Å². The predicted octanol–water partition coefficient (Wildman–Crippen LogP) is 12.7. The van der Waals surface area contributed by atoms with Crippen molar-refractivity contribution in [1.82, 2.24) is 15.0 Å². The van der Waals surface area contributed by atoms with E-state index in [4.69, 9.17) is 4.42 Å². The molecule has 0 amide bonds. The van der Waals surface area contributed by atoms with Crippen molar-refractivity contribution in [2.75, 3.05) is 0 Å². The summed E-state index contributed by atoms with van der Waals surface area (Å²) < 4.78 is 6.11. The molecule has 1 radical (unpaired) electrons. The Balaban J connectivity index is 0.000000152. The van der Waals surface area contributed by atoms with E-state index < -0.39 is 8.07 Å². The number of benzene rings is 5. The molecule has 9 rings (SSSR count). The maximum absolute atomic E-state index is 6.11. The molecule has 0 N–H and O–H groups in total. The minimum absolute atomic E-state index is 0. The molecule has 0 saturated carbocycles.